The molecule has 1 saturated heterocycles. The number of hydrogen-bond acceptors (Lipinski definition) is 3. The summed E-state index contributed by atoms with van der Waals surface area (Å²) >= 11 is 2.34. The Morgan fingerprint density at radius 3 is 2.75 bits per heavy atom. The van der Waals surface area contributed by atoms with Gasteiger partial charge in [-0.15, -0.1) is 0 Å². The van der Waals surface area contributed by atoms with E-state index in [9.17, 15) is 4.79 Å². The van der Waals surface area contributed by atoms with Crippen LogP contribution in [0, 0.1) is 3.57 Å². The first-order valence-electron chi connectivity index (χ1n) is 6.93. The Kier molecular flexibility index (Phi) is 5.80. The van der Waals surface area contributed by atoms with E-state index in [0.717, 1.165) is 32.5 Å². The van der Waals surface area contributed by atoms with Crippen LogP contribution in [0.2, 0.25) is 0 Å². The molecule has 1 N–H and O–H groups in total. The van der Waals surface area contributed by atoms with Gasteiger partial charge in [0.05, 0.1) is 6.54 Å². The first-order chi connectivity index (χ1) is 9.54. The monoisotopic (exact) mass is 388 g/mol. The summed E-state index contributed by atoms with van der Waals surface area (Å²) in [4.78, 5) is 15.2. The summed E-state index contributed by atoms with van der Waals surface area (Å²) in [5.74, 6) is -0.742. The molecule has 1 fully saturated rings. The zero-order chi connectivity index (χ0) is 14.5. The number of hydrogen-bond donors (Lipinski definition) is 1. The molecule has 1 aromatic rings. The first-order valence-corrected chi connectivity index (χ1v) is 8.01. The van der Waals surface area contributed by atoms with Crippen molar-refractivity contribution in [2.45, 2.75) is 25.4 Å². The Morgan fingerprint density at radius 1 is 1.45 bits per heavy atom. The maximum Gasteiger partial charge on any atom is 0.317 e. The van der Waals surface area contributed by atoms with E-state index in [-0.39, 0.29) is 6.54 Å². The fourth-order valence-electron chi connectivity index (χ4n) is 2.75. The lowest BCUT2D eigenvalue weighted by atomic mass is 10.0. The van der Waals surface area contributed by atoms with E-state index >= 15 is 0 Å². The summed E-state index contributed by atoms with van der Waals surface area (Å²) in [6.45, 7) is 3.22. The van der Waals surface area contributed by atoms with Gasteiger partial charge in [0.1, 0.15) is 0 Å². The predicted octanol–water partition coefficient (Wildman–Crippen LogP) is 2.27. The van der Waals surface area contributed by atoms with Crippen molar-refractivity contribution >= 4 is 28.6 Å². The van der Waals surface area contributed by atoms with Gasteiger partial charge in [0.25, 0.3) is 0 Å². The normalized spacial score (nSPS) is 17.6. The van der Waals surface area contributed by atoms with Gasteiger partial charge in [-0.1, -0.05) is 12.1 Å². The average Bonchev–Trinajstić information content (AvgIpc) is 2.38. The second-order valence-electron chi connectivity index (χ2n) is 5.45. The van der Waals surface area contributed by atoms with Gasteiger partial charge in [-0.3, -0.25) is 14.6 Å². The van der Waals surface area contributed by atoms with Crippen molar-refractivity contribution in [3.05, 3.63) is 33.4 Å². The lowest BCUT2D eigenvalue weighted by Crippen LogP contribution is -2.44. The zero-order valence-corrected chi connectivity index (χ0v) is 13.9. The Bertz CT molecular complexity index is 459. The molecule has 1 aromatic carbocycles. The number of carboxylic acid groups (broad SMARTS) is 1. The van der Waals surface area contributed by atoms with Crippen molar-refractivity contribution in [2.75, 3.05) is 26.7 Å². The number of aliphatic carboxylic acids is 1. The average molecular weight is 388 g/mol. The fraction of sp³-hybridized carbons (Fsp3) is 0.533. The molecule has 0 spiro atoms. The van der Waals surface area contributed by atoms with Crippen molar-refractivity contribution in [1.29, 1.82) is 0 Å². The summed E-state index contributed by atoms with van der Waals surface area (Å²) in [6, 6.07) is 9.01. The summed E-state index contributed by atoms with van der Waals surface area (Å²) in [5, 5.41) is 8.83. The molecular formula is C15H21IN2O2. The van der Waals surface area contributed by atoms with Gasteiger partial charge in [0.2, 0.25) is 0 Å². The number of benzene rings is 1. The number of halogens is 1. The van der Waals surface area contributed by atoms with Crippen LogP contribution in [0.15, 0.2) is 24.3 Å². The van der Waals surface area contributed by atoms with Crippen LogP contribution in [0.3, 0.4) is 0 Å². The summed E-state index contributed by atoms with van der Waals surface area (Å²) in [7, 11) is 1.91. The highest BCUT2D eigenvalue weighted by Crippen LogP contribution is 2.18. The number of rotatable bonds is 5. The van der Waals surface area contributed by atoms with E-state index in [2.05, 4.69) is 51.8 Å². The molecule has 110 valence electrons. The van der Waals surface area contributed by atoms with E-state index in [0.29, 0.717) is 6.04 Å². The molecule has 0 bridgehead atoms. The highest BCUT2D eigenvalue weighted by Gasteiger charge is 2.23. The molecular weight excluding hydrogens is 367 g/mol. The molecule has 0 aromatic heterocycles. The maximum absolute atomic E-state index is 10.7. The van der Waals surface area contributed by atoms with Crippen LogP contribution in [0.1, 0.15) is 18.4 Å². The van der Waals surface area contributed by atoms with Gasteiger partial charge in [0.15, 0.2) is 0 Å². The Hall–Kier alpha value is -0.660. The van der Waals surface area contributed by atoms with Crippen LogP contribution < -0.4 is 0 Å². The third kappa shape index (κ3) is 4.71. The molecule has 1 heterocycles. The highest BCUT2D eigenvalue weighted by atomic mass is 127. The standard InChI is InChI=1S/C15H21IN2O2/c1-17(11-15(19)20)14-5-7-18(8-6-14)10-12-3-2-4-13(16)9-12/h2-4,9,14H,5-8,10-11H2,1H3,(H,19,20). The summed E-state index contributed by atoms with van der Waals surface area (Å²) < 4.78 is 1.27. The minimum atomic E-state index is -0.742. The molecule has 0 radical (unpaired) electrons. The highest BCUT2D eigenvalue weighted by molar-refractivity contribution is 14.1. The van der Waals surface area contributed by atoms with E-state index in [1.165, 1.54) is 9.13 Å². The molecule has 0 unspecified atom stereocenters. The molecule has 0 amide bonds. The third-order valence-corrected chi connectivity index (χ3v) is 4.53. The fourth-order valence-corrected chi connectivity index (χ4v) is 3.36. The molecule has 0 aliphatic carbocycles. The summed E-state index contributed by atoms with van der Waals surface area (Å²) in [5.41, 5.74) is 1.36. The first kappa shape index (κ1) is 15.7. The Labute approximate surface area is 133 Å². The second kappa shape index (κ2) is 7.38. The molecule has 1 aliphatic rings. The van der Waals surface area contributed by atoms with E-state index < -0.39 is 5.97 Å². The molecule has 0 saturated carbocycles. The van der Waals surface area contributed by atoms with E-state index in [1.54, 1.807) is 0 Å². The van der Waals surface area contributed by atoms with Crippen LogP contribution in [0.25, 0.3) is 0 Å². The number of nitrogens with zero attached hydrogens (tertiary/aromatic N) is 2. The minimum absolute atomic E-state index is 0.140. The topological polar surface area (TPSA) is 43.8 Å². The van der Waals surface area contributed by atoms with Gasteiger partial charge in [-0.05, 0) is 73.3 Å². The van der Waals surface area contributed by atoms with Gasteiger partial charge in [-0.2, -0.15) is 0 Å². The number of piperidine rings is 1. The van der Waals surface area contributed by atoms with Crippen molar-refractivity contribution in [1.82, 2.24) is 9.80 Å². The van der Waals surface area contributed by atoms with Crippen molar-refractivity contribution in [3.8, 4) is 0 Å². The van der Waals surface area contributed by atoms with E-state index in [1.807, 2.05) is 11.9 Å². The zero-order valence-electron chi connectivity index (χ0n) is 11.8. The van der Waals surface area contributed by atoms with Crippen LogP contribution in [-0.4, -0.2) is 53.6 Å². The third-order valence-electron chi connectivity index (χ3n) is 3.86. The van der Waals surface area contributed by atoms with Gasteiger partial charge >= 0.3 is 5.97 Å². The number of likely N-dealkylation sites (N-methyl/N-ethyl adjacent to an activating group) is 1. The molecule has 0 atom stereocenters. The SMILES string of the molecule is CN(CC(=O)O)C1CCN(Cc2cccc(I)c2)CC1. The van der Waals surface area contributed by atoms with Crippen LogP contribution >= 0.6 is 22.6 Å². The van der Waals surface area contributed by atoms with Crippen LogP contribution in [0.5, 0.6) is 0 Å². The van der Waals surface area contributed by atoms with Gasteiger partial charge in [-0.25, -0.2) is 0 Å². The lowest BCUT2D eigenvalue weighted by molar-refractivity contribution is -0.138. The lowest BCUT2D eigenvalue weighted by Gasteiger charge is -2.36. The van der Waals surface area contributed by atoms with Gasteiger partial charge < -0.3 is 5.11 Å². The number of carboxylic acids is 1. The summed E-state index contributed by atoms with van der Waals surface area (Å²) in [6.07, 6.45) is 2.10. The van der Waals surface area contributed by atoms with Crippen molar-refractivity contribution in [2.24, 2.45) is 0 Å². The Morgan fingerprint density at radius 2 is 2.15 bits per heavy atom. The second-order valence-corrected chi connectivity index (χ2v) is 6.69. The Balaban J connectivity index is 1.81. The quantitative estimate of drug-likeness (QED) is 0.787. The maximum atomic E-state index is 10.7. The molecule has 20 heavy (non-hydrogen) atoms. The van der Waals surface area contributed by atoms with Crippen molar-refractivity contribution in [3.63, 3.8) is 0 Å². The smallest absolute Gasteiger partial charge is 0.317 e. The molecule has 4 nitrogen and oxygen atoms in total. The van der Waals surface area contributed by atoms with Gasteiger partial charge in [0, 0.05) is 16.2 Å². The number of likely N-dealkylation sites (tertiary alicyclic amines) is 1. The van der Waals surface area contributed by atoms with Crippen LogP contribution in [0.4, 0.5) is 0 Å². The largest absolute Gasteiger partial charge is 0.480 e. The van der Waals surface area contributed by atoms with Crippen LogP contribution in [-0.2, 0) is 11.3 Å². The van der Waals surface area contributed by atoms with Crippen molar-refractivity contribution < 1.29 is 9.90 Å². The molecule has 5 heteroatoms. The minimum Gasteiger partial charge on any atom is -0.480 e. The number of carbonyl (C=O) groups is 1. The predicted molar refractivity (Wildman–Crippen MR) is 87.7 cm³/mol. The molecule has 1 aliphatic heterocycles. The molecule has 2 rings (SSSR count). The van der Waals surface area contributed by atoms with E-state index in [4.69, 9.17) is 5.11 Å².